The average Bonchev–Trinajstić information content (AvgIpc) is 3.41. The number of nitro benzene ring substituents is 1. The molecule has 0 saturated carbocycles. The Morgan fingerprint density at radius 1 is 1.03 bits per heavy atom. The number of methoxy groups -OCH3 is 4. The predicted molar refractivity (Wildman–Crippen MR) is 136 cm³/mol. The zero-order valence-electron chi connectivity index (χ0n) is 20.2. The van der Waals surface area contributed by atoms with Crippen molar-refractivity contribution in [1.29, 1.82) is 0 Å². The third kappa shape index (κ3) is 4.48. The van der Waals surface area contributed by atoms with Crippen LogP contribution in [0.4, 0.5) is 5.69 Å². The van der Waals surface area contributed by atoms with E-state index in [2.05, 4.69) is 4.98 Å². The van der Waals surface area contributed by atoms with Gasteiger partial charge < -0.3 is 18.9 Å². The molecule has 0 saturated heterocycles. The number of carbonyl (C=O) groups is 1. The molecule has 0 aliphatic carbocycles. The monoisotopic (exact) mass is 509 g/mol. The number of aryl methyl sites for hydroxylation is 1. The topological polar surface area (TPSA) is 114 Å². The van der Waals surface area contributed by atoms with Crippen molar-refractivity contribution in [3.63, 3.8) is 0 Å². The number of ether oxygens (including phenoxy) is 4. The number of thiazole rings is 1. The van der Waals surface area contributed by atoms with Gasteiger partial charge in [-0.05, 0) is 43.3 Å². The molecule has 2 aromatic heterocycles. The number of allylic oxidation sites excluding steroid dienone is 1. The molecule has 0 bridgehead atoms. The molecule has 0 amide bonds. The second kappa shape index (κ2) is 10.1. The van der Waals surface area contributed by atoms with E-state index in [1.165, 1.54) is 58.0 Å². The van der Waals surface area contributed by atoms with Gasteiger partial charge in [-0.3, -0.25) is 19.3 Å². The third-order valence-corrected chi connectivity index (χ3v) is 6.37. The van der Waals surface area contributed by atoms with Crippen molar-refractivity contribution in [2.24, 2.45) is 0 Å². The van der Waals surface area contributed by atoms with Crippen molar-refractivity contribution in [3.05, 3.63) is 68.9 Å². The first-order chi connectivity index (χ1) is 17.3. The van der Waals surface area contributed by atoms with Gasteiger partial charge in [-0.25, -0.2) is 4.98 Å². The van der Waals surface area contributed by atoms with Crippen LogP contribution in [0, 0.1) is 17.0 Å². The number of nitro groups is 1. The molecule has 2 heterocycles. The second-order valence-electron chi connectivity index (χ2n) is 7.60. The van der Waals surface area contributed by atoms with Gasteiger partial charge in [-0.2, -0.15) is 0 Å². The number of rotatable bonds is 9. The van der Waals surface area contributed by atoms with Crippen molar-refractivity contribution < 1.29 is 28.7 Å². The highest BCUT2D eigenvalue weighted by Crippen LogP contribution is 2.39. The maximum absolute atomic E-state index is 13.1. The standard InChI is InChI=1S/C25H23N3O7S/c1-14-13-27-17(7-8-19(29)16-11-21(33-3)24(35-5)22(12-16)34-4)23(26-25(27)36-14)15-6-9-20(32-2)18(10-15)28(30)31/h6-13H,1-5H3/b8-7+. The van der Waals surface area contributed by atoms with Crippen molar-refractivity contribution in [2.75, 3.05) is 28.4 Å². The van der Waals surface area contributed by atoms with Gasteiger partial charge >= 0.3 is 5.69 Å². The number of fused-ring (bicyclic) bond motifs is 1. The Bertz CT molecular complexity index is 1480. The van der Waals surface area contributed by atoms with Gasteiger partial charge in [0.15, 0.2) is 28.0 Å². The maximum atomic E-state index is 13.1. The summed E-state index contributed by atoms with van der Waals surface area (Å²) in [6, 6.07) is 7.78. The summed E-state index contributed by atoms with van der Waals surface area (Å²) in [5.41, 5.74) is 1.79. The summed E-state index contributed by atoms with van der Waals surface area (Å²) < 4.78 is 23.0. The predicted octanol–water partition coefficient (Wildman–Crippen LogP) is 5.21. The lowest BCUT2D eigenvalue weighted by Gasteiger charge is -2.13. The summed E-state index contributed by atoms with van der Waals surface area (Å²) >= 11 is 1.47. The molecule has 0 radical (unpaired) electrons. The SMILES string of the molecule is COc1ccc(-c2nc3sc(C)cn3c2/C=C/C(=O)c2cc(OC)c(OC)c(OC)c2)cc1[N+](=O)[O-]. The minimum atomic E-state index is -0.506. The summed E-state index contributed by atoms with van der Waals surface area (Å²) in [5, 5.41) is 11.6. The third-order valence-electron chi connectivity index (χ3n) is 5.47. The lowest BCUT2D eigenvalue weighted by atomic mass is 10.1. The van der Waals surface area contributed by atoms with Crippen LogP contribution < -0.4 is 18.9 Å². The Hall–Kier alpha value is -4.38. The Morgan fingerprint density at radius 3 is 2.28 bits per heavy atom. The molecule has 0 aliphatic heterocycles. The fourth-order valence-electron chi connectivity index (χ4n) is 3.80. The first kappa shape index (κ1) is 24.7. The summed E-state index contributed by atoms with van der Waals surface area (Å²) in [5.74, 6) is 0.952. The summed E-state index contributed by atoms with van der Waals surface area (Å²) in [6.45, 7) is 1.95. The molecule has 186 valence electrons. The van der Waals surface area contributed by atoms with Gasteiger partial charge in [-0.1, -0.05) is 0 Å². The Balaban J connectivity index is 1.80. The Labute approximate surface area is 210 Å². The van der Waals surface area contributed by atoms with Crippen LogP contribution >= 0.6 is 11.3 Å². The zero-order chi connectivity index (χ0) is 26.0. The van der Waals surface area contributed by atoms with Gasteiger partial charge in [0.1, 0.15) is 0 Å². The van der Waals surface area contributed by atoms with E-state index < -0.39 is 4.92 Å². The van der Waals surface area contributed by atoms with E-state index in [-0.39, 0.29) is 17.2 Å². The van der Waals surface area contributed by atoms with E-state index in [1.807, 2.05) is 17.5 Å². The van der Waals surface area contributed by atoms with Gasteiger partial charge in [0.05, 0.1) is 44.8 Å². The average molecular weight is 510 g/mol. The fraction of sp³-hybridized carbons (Fsp3) is 0.200. The Morgan fingerprint density at radius 2 is 1.69 bits per heavy atom. The maximum Gasteiger partial charge on any atom is 0.311 e. The zero-order valence-corrected chi connectivity index (χ0v) is 21.0. The quantitative estimate of drug-likeness (QED) is 0.131. The van der Waals surface area contributed by atoms with Crippen LogP contribution in [0.2, 0.25) is 0 Å². The molecule has 0 fully saturated rings. The van der Waals surface area contributed by atoms with E-state index >= 15 is 0 Å². The van der Waals surface area contributed by atoms with Crippen molar-refractivity contribution >= 4 is 33.8 Å². The van der Waals surface area contributed by atoms with Crippen LogP contribution in [-0.2, 0) is 0 Å². The number of benzene rings is 2. The number of carbonyl (C=O) groups excluding carboxylic acids is 1. The molecule has 0 N–H and O–H groups in total. The fourth-order valence-corrected chi connectivity index (χ4v) is 4.63. The van der Waals surface area contributed by atoms with Gasteiger partial charge in [0.2, 0.25) is 5.75 Å². The van der Waals surface area contributed by atoms with E-state index in [4.69, 9.17) is 18.9 Å². The lowest BCUT2D eigenvalue weighted by Crippen LogP contribution is -2.00. The number of hydrogen-bond acceptors (Lipinski definition) is 9. The van der Waals surface area contributed by atoms with E-state index in [0.29, 0.717) is 44.7 Å². The van der Waals surface area contributed by atoms with Crippen molar-refractivity contribution in [1.82, 2.24) is 9.38 Å². The normalized spacial score (nSPS) is 11.1. The molecular weight excluding hydrogens is 486 g/mol. The number of hydrogen-bond donors (Lipinski definition) is 0. The van der Waals surface area contributed by atoms with Crippen LogP contribution in [-0.4, -0.2) is 48.5 Å². The summed E-state index contributed by atoms with van der Waals surface area (Å²) in [7, 11) is 5.81. The number of ketones is 1. The lowest BCUT2D eigenvalue weighted by molar-refractivity contribution is -0.385. The van der Waals surface area contributed by atoms with Gasteiger partial charge in [0, 0.05) is 28.3 Å². The molecule has 11 heteroatoms. The van der Waals surface area contributed by atoms with Crippen molar-refractivity contribution in [2.45, 2.75) is 6.92 Å². The van der Waals surface area contributed by atoms with Gasteiger partial charge in [-0.15, -0.1) is 11.3 Å². The molecule has 0 spiro atoms. The second-order valence-corrected chi connectivity index (χ2v) is 8.81. The number of aromatic nitrogens is 2. The van der Waals surface area contributed by atoms with Crippen LogP contribution in [0.25, 0.3) is 22.3 Å². The molecule has 4 rings (SSSR count). The first-order valence-electron chi connectivity index (χ1n) is 10.6. The number of imidazole rings is 1. The smallest absolute Gasteiger partial charge is 0.311 e. The molecule has 0 aliphatic rings. The van der Waals surface area contributed by atoms with Crippen LogP contribution in [0.5, 0.6) is 23.0 Å². The van der Waals surface area contributed by atoms with Gasteiger partial charge in [0.25, 0.3) is 0 Å². The Kier molecular flexibility index (Phi) is 6.93. The molecule has 0 atom stereocenters. The minimum absolute atomic E-state index is 0.148. The van der Waals surface area contributed by atoms with Crippen LogP contribution in [0.3, 0.4) is 0 Å². The summed E-state index contributed by atoms with van der Waals surface area (Å²) in [6.07, 6.45) is 4.96. The number of nitrogens with zero attached hydrogens (tertiary/aromatic N) is 3. The molecular formula is C25H23N3O7S. The molecule has 0 unspecified atom stereocenters. The molecule has 2 aromatic carbocycles. The van der Waals surface area contributed by atoms with Crippen LogP contribution in [0.15, 0.2) is 42.6 Å². The largest absolute Gasteiger partial charge is 0.493 e. The highest BCUT2D eigenvalue weighted by atomic mass is 32.1. The van der Waals surface area contributed by atoms with E-state index in [9.17, 15) is 14.9 Å². The molecule has 10 nitrogen and oxygen atoms in total. The first-order valence-corrected chi connectivity index (χ1v) is 11.5. The molecule has 4 aromatic rings. The summed E-state index contributed by atoms with van der Waals surface area (Å²) in [4.78, 5) is 30.6. The van der Waals surface area contributed by atoms with Crippen LogP contribution in [0.1, 0.15) is 20.9 Å². The van der Waals surface area contributed by atoms with E-state index in [0.717, 1.165) is 4.88 Å². The minimum Gasteiger partial charge on any atom is -0.493 e. The highest BCUT2D eigenvalue weighted by Gasteiger charge is 2.21. The molecule has 36 heavy (non-hydrogen) atoms. The highest BCUT2D eigenvalue weighted by molar-refractivity contribution is 7.17. The van der Waals surface area contributed by atoms with E-state index in [1.54, 1.807) is 24.3 Å². The van der Waals surface area contributed by atoms with Crippen molar-refractivity contribution in [3.8, 4) is 34.3 Å².